The van der Waals surface area contributed by atoms with Crippen LogP contribution in [0.3, 0.4) is 0 Å². The summed E-state index contributed by atoms with van der Waals surface area (Å²) in [6, 6.07) is 7.69. The van der Waals surface area contributed by atoms with Crippen molar-refractivity contribution < 1.29 is 9.90 Å². The highest BCUT2D eigenvalue weighted by Crippen LogP contribution is 2.19. The SMILES string of the molecule is CC(C)c1ccccc1CC(=O)O. The molecule has 0 saturated heterocycles. The molecule has 0 aromatic heterocycles. The predicted molar refractivity (Wildman–Crippen MR) is 51.9 cm³/mol. The fourth-order valence-corrected chi connectivity index (χ4v) is 1.42. The number of hydrogen-bond donors (Lipinski definition) is 1. The van der Waals surface area contributed by atoms with Crippen molar-refractivity contribution in [3.05, 3.63) is 35.4 Å². The minimum Gasteiger partial charge on any atom is -0.481 e. The number of carboxylic acids is 1. The Hall–Kier alpha value is -1.31. The summed E-state index contributed by atoms with van der Waals surface area (Å²) in [6.07, 6.45) is 0.119. The Balaban J connectivity index is 2.97. The molecule has 0 aliphatic heterocycles. The molecule has 2 nitrogen and oxygen atoms in total. The molecular weight excluding hydrogens is 164 g/mol. The second-order valence-electron chi connectivity index (χ2n) is 3.42. The molecule has 1 rings (SSSR count). The van der Waals surface area contributed by atoms with E-state index in [-0.39, 0.29) is 6.42 Å². The maximum absolute atomic E-state index is 10.5. The highest BCUT2D eigenvalue weighted by molar-refractivity contribution is 5.70. The highest BCUT2D eigenvalue weighted by Gasteiger charge is 2.08. The molecule has 0 atom stereocenters. The van der Waals surface area contributed by atoms with Gasteiger partial charge in [-0.1, -0.05) is 38.1 Å². The topological polar surface area (TPSA) is 37.3 Å². The van der Waals surface area contributed by atoms with Gasteiger partial charge in [0.2, 0.25) is 0 Å². The van der Waals surface area contributed by atoms with Gasteiger partial charge in [-0.15, -0.1) is 0 Å². The van der Waals surface area contributed by atoms with E-state index in [4.69, 9.17) is 5.11 Å². The van der Waals surface area contributed by atoms with Crippen LogP contribution in [-0.4, -0.2) is 11.1 Å². The fourth-order valence-electron chi connectivity index (χ4n) is 1.42. The summed E-state index contributed by atoms with van der Waals surface area (Å²) >= 11 is 0. The summed E-state index contributed by atoms with van der Waals surface area (Å²) in [5.74, 6) is -0.386. The van der Waals surface area contributed by atoms with E-state index in [1.165, 1.54) is 0 Å². The third-order valence-electron chi connectivity index (χ3n) is 2.02. The van der Waals surface area contributed by atoms with Gasteiger partial charge in [0.25, 0.3) is 0 Å². The van der Waals surface area contributed by atoms with Crippen LogP contribution >= 0.6 is 0 Å². The highest BCUT2D eigenvalue weighted by atomic mass is 16.4. The van der Waals surface area contributed by atoms with E-state index in [2.05, 4.69) is 13.8 Å². The smallest absolute Gasteiger partial charge is 0.307 e. The minimum atomic E-state index is -0.770. The zero-order chi connectivity index (χ0) is 9.84. The van der Waals surface area contributed by atoms with E-state index in [0.29, 0.717) is 5.92 Å². The largest absolute Gasteiger partial charge is 0.481 e. The van der Waals surface area contributed by atoms with Gasteiger partial charge in [-0.25, -0.2) is 0 Å². The zero-order valence-corrected chi connectivity index (χ0v) is 7.95. The summed E-state index contributed by atoms with van der Waals surface area (Å²) in [4.78, 5) is 10.5. The second-order valence-corrected chi connectivity index (χ2v) is 3.42. The molecule has 0 fully saturated rings. The Morgan fingerprint density at radius 1 is 1.38 bits per heavy atom. The number of rotatable bonds is 3. The van der Waals surface area contributed by atoms with Crippen LogP contribution < -0.4 is 0 Å². The van der Waals surface area contributed by atoms with Gasteiger partial charge in [0.1, 0.15) is 0 Å². The van der Waals surface area contributed by atoms with Crippen molar-refractivity contribution in [1.29, 1.82) is 0 Å². The first-order chi connectivity index (χ1) is 6.11. The molecule has 0 radical (unpaired) electrons. The molecule has 1 aromatic rings. The number of carboxylic acid groups (broad SMARTS) is 1. The molecule has 2 heteroatoms. The van der Waals surface area contributed by atoms with Gasteiger partial charge in [0, 0.05) is 0 Å². The normalized spacial score (nSPS) is 10.4. The Labute approximate surface area is 78.2 Å². The van der Waals surface area contributed by atoms with Crippen LogP contribution in [0, 0.1) is 0 Å². The Morgan fingerprint density at radius 3 is 2.54 bits per heavy atom. The molecule has 13 heavy (non-hydrogen) atoms. The lowest BCUT2D eigenvalue weighted by Gasteiger charge is -2.10. The number of hydrogen-bond acceptors (Lipinski definition) is 1. The van der Waals surface area contributed by atoms with Gasteiger partial charge in [0.15, 0.2) is 0 Å². The van der Waals surface area contributed by atoms with Gasteiger partial charge in [0.05, 0.1) is 6.42 Å². The van der Waals surface area contributed by atoms with Crippen LogP contribution in [0.4, 0.5) is 0 Å². The second kappa shape index (κ2) is 4.08. The summed E-state index contributed by atoms with van der Waals surface area (Å²) in [5.41, 5.74) is 2.05. The molecule has 70 valence electrons. The predicted octanol–water partition coefficient (Wildman–Crippen LogP) is 2.44. The third-order valence-corrected chi connectivity index (χ3v) is 2.02. The van der Waals surface area contributed by atoms with Gasteiger partial charge in [-0.2, -0.15) is 0 Å². The van der Waals surface area contributed by atoms with Gasteiger partial charge in [-0.05, 0) is 17.0 Å². The first-order valence-corrected chi connectivity index (χ1v) is 4.41. The minimum absolute atomic E-state index is 0.119. The van der Waals surface area contributed by atoms with Crippen LogP contribution in [0.2, 0.25) is 0 Å². The van der Waals surface area contributed by atoms with Gasteiger partial charge >= 0.3 is 5.97 Å². The molecule has 0 spiro atoms. The van der Waals surface area contributed by atoms with E-state index in [1.54, 1.807) is 0 Å². The maximum Gasteiger partial charge on any atom is 0.307 e. The number of carbonyl (C=O) groups is 1. The molecule has 1 aromatic carbocycles. The Kier molecular flexibility index (Phi) is 3.07. The van der Waals surface area contributed by atoms with Crippen LogP contribution in [0.1, 0.15) is 30.9 Å². The van der Waals surface area contributed by atoms with E-state index in [0.717, 1.165) is 11.1 Å². The first kappa shape index (κ1) is 9.78. The molecule has 0 aliphatic rings. The summed E-state index contributed by atoms with van der Waals surface area (Å²) in [6.45, 7) is 4.14. The van der Waals surface area contributed by atoms with E-state index >= 15 is 0 Å². The van der Waals surface area contributed by atoms with Gasteiger partial charge < -0.3 is 5.11 Å². The molecule has 0 amide bonds. The summed E-state index contributed by atoms with van der Waals surface area (Å²) in [5, 5.41) is 8.67. The monoisotopic (exact) mass is 178 g/mol. The number of aliphatic carboxylic acids is 1. The quantitative estimate of drug-likeness (QED) is 0.771. The van der Waals surface area contributed by atoms with Crippen molar-refractivity contribution in [2.24, 2.45) is 0 Å². The van der Waals surface area contributed by atoms with Crippen LogP contribution in [0.15, 0.2) is 24.3 Å². The van der Waals surface area contributed by atoms with Crippen molar-refractivity contribution in [3.8, 4) is 0 Å². The zero-order valence-electron chi connectivity index (χ0n) is 7.95. The molecule has 1 N–H and O–H groups in total. The third kappa shape index (κ3) is 2.58. The van der Waals surface area contributed by atoms with E-state index < -0.39 is 5.97 Å². The van der Waals surface area contributed by atoms with Gasteiger partial charge in [-0.3, -0.25) is 4.79 Å². The molecule has 0 aliphatic carbocycles. The van der Waals surface area contributed by atoms with Crippen LogP contribution in [0.25, 0.3) is 0 Å². The lowest BCUT2D eigenvalue weighted by atomic mass is 9.95. The maximum atomic E-state index is 10.5. The lowest BCUT2D eigenvalue weighted by Crippen LogP contribution is -2.04. The lowest BCUT2D eigenvalue weighted by molar-refractivity contribution is -0.136. The van der Waals surface area contributed by atoms with Crippen molar-refractivity contribution in [1.82, 2.24) is 0 Å². The Bertz CT molecular complexity index is 303. The summed E-state index contributed by atoms with van der Waals surface area (Å²) in [7, 11) is 0. The fraction of sp³-hybridized carbons (Fsp3) is 0.364. The van der Waals surface area contributed by atoms with Crippen molar-refractivity contribution in [2.75, 3.05) is 0 Å². The molecule has 0 saturated carbocycles. The average molecular weight is 178 g/mol. The van der Waals surface area contributed by atoms with Crippen molar-refractivity contribution >= 4 is 5.97 Å². The van der Waals surface area contributed by atoms with Crippen molar-refractivity contribution in [2.45, 2.75) is 26.2 Å². The molecular formula is C11H14O2. The van der Waals surface area contributed by atoms with Crippen molar-refractivity contribution in [3.63, 3.8) is 0 Å². The molecule has 0 heterocycles. The first-order valence-electron chi connectivity index (χ1n) is 4.41. The molecule has 0 bridgehead atoms. The standard InChI is InChI=1S/C11H14O2/c1-8(2)10-6-4-3-5-9(10)7-11(12)13/h3-6,8H,7H2,1-2H3,(H,12,13). The van der Waals surface area contributed by atoms with Crippen LogP contribution in [-0.2, 0) is 11.2 Å². The Morgan fingerprint density at radius 2 is 2.00 bits per heavy atom. The molecule has 0 unspecified atom stereocenters. The van der Waals surface area contributed by atoms with E-state index in [9.17, 15) is 4.79 Å². The average Bonchev–Trinajstić information content (AvgIpc) is 2.03. The summed E-state index contributed by atoms with van der Waals surface area (Å²) < 4.78 is 0. The van der Waals surface area contributed by atoms with Crippen LogP contribution in [0.5, 0.6) is 0 Å². The number of benzene rings is 1. The van der Waals surface area contributed by atoms with E-state index in [1.807, 2.05) is 24.3 Å².